The minimum atomic E-state index is 0.681. The van der Waals surface area contributed by atoms with Gasteiger partial charge in [-0.15, -0.1) is 0 Å². The fourth-order valence-corrected chi connectivity index (χ4v) is 1.00. The van der Waals surface area contributed by atoms with Gasteiger partial charge in [-0.05, 0) is 32.5 Å². The normalized spacial score (nSPS) is 13.7. The lowest BCUT2D eigenvalue weighted by molar-refractivity contribution is 0.468. The molecule has 0 aromatic rings. The van der Waals surface area contributed by atoms with Crippen molar-refractivity contribution in [3.8, 4) is 0 Å². The molecule has 0 aliphatic heterocycles. The highest BCUT2D eigenvalue weighted by Gasteiger charge is 2.01. The lowest BCUT2D eigenvalue weighted by Gasteiger charge is -2.11. The van der Waals surface area contributed by atoms with Crippen LogP contribution in [-0.4, -0.2) is 20.1 Å². The molecule has 2 heteroatoms. The minimum absolute atomic E-state index is 0.681. The highest BCUT2D eigenvalue weighted by molar-refractivity contribution is 4.60. The smallest absolute Gasteiger partial charge is 0.00115 e. The Morgan fingerprint density at radius 3 is 2.56 bits per heavy atom. The lowest BCUT2D eigenvalue weighted by atomic mass is 10.0. The molecule has 1 unspecified atom stereocenters. The van der Waals surface area contributed by atoms with Crippen molar-refractivity contribution in [1.82, 2.24) is 5.32 Å². The van der Waals surface area contributed by atoms with Gasteiger partial charge in [0.25, 0.3) is 0 Å². The fraction of sp³-hybridized carbons (Fsp3) is 1.00. The predicted molar refractivity (Wildman–Crippen MR) is 41.4 cm³/mol. The van der Waals surface area contributed by atoms with Gasteiger partial charge in [0.2, 0.25) is 0 Å². The second kappa shape index (κ2) is 6.05. The molecule has 0 fully saturated rings. The maximum Gasteiger partial charge on any atom is -0.00115 e. The van der Waals surface area contributed by atoms with Crippen molar-refractivity contribution in [3.05, 3.63) is 0 Å². The lowest BCUT2D eigenvalue weighted by Crippen LogP contribution is -2.25. The first-order valence-electron chi connectivity index (χ1n) is 3.69. The third-order valence-electron chi connectivity index (χ3n) is 1.52. The highest BCUT2D eigenvalue weighted by atomic mass is 14.8. The van der Waals surface area contributed by atoms with Crippen molar-refractivity contribution < 1.29 is 0 Å². The average molecular weight is 130 g/mol. The number of hydrogen-bond acceptors (Lipinski definition) is 2. The van der Waals surface area contributed by atoms with Gasteiger partial charge in [0, 0.05) is 0 Å². The topological polar surface area (TPSA) is 38.0 Å². The van der Waals surface area contributed by atoms with Gasteiger partial charge in [-0.3, -0.25) is 0 Å². The van der Waals surface area contributed by atoms with Gasteiger partial charge in [-0.25, -0.2) is 0 Å². The van der Waals surface area contributed by atoms with E-state index < -0.39 is 0 Å². The first-order valence-corrected chi connectivity index (χ1v) is 3.69. The monoisotopic (exact) mass is 130 g/mol. The van der Waals surface area contributed by atoms with Crippen LogP contribution < -0.4 is 11.1 Å². The van der Waals surface area contributed by atoms with Crippen molar-refractivity contribution in [3.63, 3.8) is 0 Å². The van der Waals surface area contributed by atoms with Crippen molar-refractivity contribution in [2.45, 2.75) is 19.8 Å². The van der Waals surface area contributed by atoms with Gasteiger partial charge in [0.15, 0.2) is 0 Å². The van der Waals surface area contributed by atoms with Gasteiger partial charge in [0.1, 0.15) is 0 Å². The molecule has 3 N–H and O–H groups in total. The SMILES string of the molecule is CCCC(CN)CNC. The summed E-state index contributed by atoms with van der Waals surface area (Å²) in [7, 11) is 1.97. The molecule has 0 aliphatic rings. The standard InChI is InChI=1S/C7H18N2/c1-3-4-7(5-8)6-9-2/h7,9H,3-6,8H2,1-2H3. The molecule has 0 saturated heterocycles. The Balaban J connectivity index is 3.18. The number of rotatable bonds is 5. The van der Waals surface area contributed by atoms with Gasteiger partial charge < -0.3 is 11.1 Å². The van der Waals surface area contributed by atoms with Crippen molar-refractivity contribution in [2.75, 3.05) is 20.1 Å². The molecule has 0 radical (unpaired) electrons. The van der Waals surface area contributed by atoms with Crippen molar-refractivity contribution in [1.29, 1.82) is 0 Å². The zero-order chi connectivity index (χ0) is 7.11. The first-order chi connectivity index (χ1) is 4.35. The van der Waals surface area contributed by atoms with E-state index in [-0.39, 0.29) is 0 Å². The van der Waals surface area contributed by atoms with Crippen LogP contribution in [0.15, 0.2) is 0 Å². The van der Waals surface area contributed by atoms with E-state index >= 15 is 0 Å². The second-order valence-corrected chi connectivity index (χ2v) is 2.45. The van der Waals surface area contributed by atoms with Gasteiger partial charge in [0.05, 0.1) is 0 Å². The van der Waals surface area contributed by atoms with E-state index in [0.717, 1.165) is 13.1 Å². The Kier molecular flexibility index (Phi) is 5.99. The third-order valence-corrected chi connectivity index (χ3v) is 1.52. The molecule has 0 aromatic heterocycles. The summed E-state index contributed by atoms with van der Waals surface area (Å²) in [5, 5.41) is 3.12. The van der Waals surface area contributed by atoms with Gasteiger partial charge >= 0.3 is 0 Å². The third kappa shape index (κ3) is 4.43. The van der Waals surface area contributed by atoms with E-state index in [1.165, 1.54) is 12.8 Å². The average Bonchev–Trinajstić information content (AvgIpc) is 1.88. The zero-order valence-electron chi connectivity index (χ0n) is 6.48. The van der Waals surface area contributed by atoms with Crippen molar-refractivity contribution in [2.24, 2.45) is 11.7 Å². The molecule has 0 aliphatic carbocycles. The van der Waals surface area contributed by atoms with E-state index in [4.69, 9.17) is 5.73 Å². The summed E-state index contributed by atoms with van der Waals surface area (Å²) in [5.74, 6) is 0.681. The molecule has 0 amide bonds. The molecule has 0 aromatic carbocycles. The molecular weight excluding hydrogens is 112 g/mol. The maximum absolute atomic E-state index is 5.50. The van der Waals surface area contributed by atoms with Crippen LogP contribution in [0.5, 0.6) is 0 Å². The summed E-state index contributed by atoms with van der Waals surface area (Å²) in [6, 6.07) is 0. The molecule has 0 bridgehead atoms. The van der Waals surface area contributed by atoms with E-state index in [1.807, 2.05) is 7.05 Å². The quantitative estimate of drug-likeness (QED) is 0.571. The summed E-state index contributed by atoms with van der Waals surface area (Å²) in [4.78, 5) is 0. The number of nitrogens with one attached hydrogen (secondary N) is 1. The summed E-state index contributed by atoms with van der Waals surface area (Å²) in [5.41, 5.74) is 5.50. The highest BCUT2D eigenvalue weighted by Crippen LogP contribution is 2.01. The van der Waals surface area contributed by atoms with E-state index in [1.54, 1.807) is 0 Å². The fourth-order valence-electron chi connectivity index (χ4n) is 1.00. The van der Waals surface area contributed by atoms with E-state index in [0.29, 0.717) is 5.92 Å². The van der Waals surface area contributed by atoms with Crippen LogP contribution in [0.25, 0.3) is 0 Å². The van der Waals surface area contributed by atoms with E-state index in [2.05, 4.69) is 12.2 Å². The number of hydrogen-bond donors (Lipinski definition) is 2. The van der Waals surface area contributed by atoms with E-state index in [9.17, 15) is 0 Å². The minimum Gasteiger partial charge on any atom is -0.330 e. The zero-order valence-corrected chi connectivity index (χ0v) is 6.48. The Bertz CT molecular complexity index is 48.9. The maximum atomic E-state index is 5.50. The Labute approximate surface area is 57.8 Å². The van der Waals surface area contributed by atoms with Crippen molar-refractivity contribution >= 4 is 0 Å². The summed E-state index contributed by atoms with van der Waals surface area (Å²) in [6.07, 6.45) is 2.49. The van der Waals surface area contributed by atoms with Crippen LogP contribution in [0, 0.1) is 5.92 Å². The molecule has 0 rings (SSSR count). The molecule has 9 heavy (non-hydrogen) atoms. The van der Waals surface area contributed by atoms with Crippen LogP contribution in [0.4, 0.5) is 0 Å². The van der Waals surface area contributed by atoms with Gasteiger partial charge in [-0.2, -0.15) is 0 Å². The van der Waals surface area contributed by atoms with Crippen LogP contribution in [0.2, 0.25) is 0 Å². The second-order valence-electron chi connectivity index (χ2n) is 2.45. The summed E-state index contributed by atoms with van der Waals surface area (Å²) >= 11 is 0. The number of nitrogens with two attached hydrogens (primary N) is 1. The predicted octanol–water partition coefficient (Wildman–Crippen LogP) is 0.581. The van der Waals surface area contributed by atoms with Crippen LogP contribution in [-0.2, 0) is 0 Å². The molecule has 0 saturated carbocycles. The molecular formula is C7H18N2. The molecule has 0 spiro atoms. The summed E-state index contributed by atoms with van der Waals surface area (Å²) in [6.45, 7) is 4.07. The summed E-state index contributed by atoms with van der Waals surface area (Å²) < 4.78 is 0. The Morgan fingerprint density at radius 1 is 1.56 bits per heavy atom. The molecule has 0 heterocycles. The van der Waals surface area contributed by atoms with Crippen LogP contribution in [0.3, 0.4) is 0 Å². The van der Waals surface area contributed by atoms with Crippen LogP contribution in [0.1, 0.15) is 19.8 Å². The molecule has 2 nitrogen and oxygen atoms in total. The van der Waals surface area contributed by atoms with Crippen LogP contribution >= 0.6 is 0 Å². The Morgan fingerprint density at radius 2 is 2.22 bits per heavy atom. The largest absolute Gasteiger partial charge is 0.330 e. The molecule has 56 valence electrons. The molecule has 1 atom stereocenters. The first kappa shape index (κ1) is 8.92. The Hall–Kier alpha value is -0.0800. The van der Waals surface area contributed by atoms with Gasteiger partial charge in [-0.1, -0.05) is 13.3 Å².